The normalized spacial score (nSPS) is 18.4. The van der Waals surface area contributed by atoms with Crippen LogP contribution in [0.4, 0.5) is 0 Å². The average Bonchev–Trinajstić information content (AvgIpc) is 3.20. The molecule has 1 aromatic carbocycles. The molecule has 2 N–H and O–H groups in total. The first-order chi connectivity index (χ1) is 14.2. The van der Waals surface area contributed by atoms with Gasteiger partial charge in [-0.2, -0.15) is 0 Å². The van der Waals surface area contributed by atoms with Gasteiger partial charge < -0.3 is 19.9 Å². The minimum absolute atomic E-state index is 0.163. The summed E-state index contributed by atoms with van der Waals surface area (Å²) >= 11 is 0. The molecule has 0 spiro atoms. The van der Waals surface area contributed by atoms with Crippen LogP contribution in [-0.2, 0) is 17.7 Å². The summed E-state index contributed by atoms with van der Waals surface area (Å²) < 4.78 is 7.93. The van der Waals surface area contributed by atoms with Crippen molar-refractivity contribution in [3.8, 4) is 0 Å². The fourth-order valence-corrected chi connectivity index (χ4v) is 3.69. The lowest BCUT2D eigenvalue weighted by Gasteiger charge is -2.23. The highest BCUT2D eigenvalue weighted by Crippen LogP contribution is 2.17. The molecule has 0 saturated carbocycles. The number of rotatable bonds is 8. The number of aryl methyl sites for hydroxylation is 2. The quantitative estimate of drug-likeness (QED) is 0.528. The Balaban J connectivity index is 1.62. The highest BCUT2D eigenvalue weighted by Gasteiger charge is 2.15. The first-order valence-electron chi connectivity index (χ1n) is 10.8. The first kappa shape index (κ1) is 21.3. The smallest absolute Gasteiger partial charge is 0.191 e. The summed E-state index contributed by atoms with van der Waals surface area (Å²) in [7, 11) is 0. The zero-order valence-corrected chi connectivity index (χ0v) is 17.9. The fourth-order valence-electron chi connectivity index (χ4n) is 3.69. The minimum atomic E-state index is 0.163. The van der Waals surface area contributed by atoms with Crippen molar-refractivity contribution in [3.63, 3.8) is 0 Å². The van der Waals surface area contributed by atoms with E-state index in [1.54, 1.807) is 6.33 Å². The van der Waals surface area contributed by atoms with Gasteiger partial charge >= 0.3 is 0 Å². The van der Waals surface area contributed by atoms with Crippen molar-refractivity contribution in [1.29, 1.82) is 0 Å². The third kappa shape index (κ3) is 6.29. The van der Waals surface area contributed by atoms with Crippen LogP contribution in [0.25, 0.3) is 0 Å². The number of hydrogen-bond donors (Lipinski definition) is 2. The lowest BCUT2D eigenvalue weighted by atomic mass is 10.0. The number of aliphatic imine (C=N–C) groups is 1. The van der Waals surface area contributed by atoms with E-state index in [9.17, 15) is 0 Å². The molecule has 1 saturated heterocycles. The van der Waals surface area contributed by atoms with Gasteiger partial charge in [0.1, 0.15) is 12.2 Å². The predicted octanol–water partition coefficient (Wildman–Crippen LogP) is 3.01. The lowest BCUT2D eigenvalue weighted by Crippen LogP contribution is -2.41. The van der Waals surface area contributed by atoms with E-state index in [4.69, 9.17) is 9.73 Å². The van der Waals surface area contributed by atoms with Crippen LogP contribution < -0.4 is 10.6 Å². The maximum absolute atomic E-state index is 5.85. The number of ether oxygens (including phenoxy) is 1. The molecule has 0 amide bonds. The van der Waals surface area contributed by atoms with E-state index >= 15 is 0 Å². The zero-order valence-electron chi connectivity index (χ0n) is 17.9. The van der Waals surface area contributed by atoms with E-state index in [2.05, 4.69) is 70.4 Å². The summed E-state index contributed by atoms with van der Waals surface area (Å²) in [6.07, 6.45) is 6.36. The van der Waals surface area contributed by atoms with Crippen LogP contribution >= 0.6 is 0 Å². The Bertz CT molecular complexity index is 781. The van der Waals surface area contributed by atoms with Crippen LogP contribution in [0.15, 0.2) is 35.6 Å². The molecular weight excluding hydrogens is 364 g/mol. The maximum atomic E-state index is 5.85. The fraction of sp³-hybridized carbons (Fsp3) is 0.591. The van der Waals surface area contributed by atoms with Gasteiger partial charge in [-0.25, -0.2) is 0 Å². The molecular formula is C22H34N6O. The summed E-state index contributed by atoms with van der Waals surface area (Å²) in [5.41, 5.74) is 2.56. The maximum Gasteiger partial charge on any atom is 0.191 e. The molecule has 158 valence electrons. The van der Waals surface area contributed by atoms with E-state index in [1.807, 2.05) is 0 Å². The highest BCUT2D eigenvalue weighted by atomic mass is 16.5. The van der Waals surface area contributed by atoms with Gasteiger partial charge in [-0.3, -0.25) is 4.99 Å². The van der Waals surface area contributed by atoms with Crippen molar-refractivity contribution >= 4 is 5.96 Å². The summed E-state index contributed by atoms with van der Waals surface area (Å²) in [4.78, 5) is 4.83. The Hall–Kier alpha value is -2.41. The number of nitrogens with zero attached hydrogens (tertiary/aromatic N) is 4. The second-order valence-corrected chi connectivity index (χ2v) is 7.62. The van der Waals surface area contributed by atoms with Crippen molar-refractivity contribution in [3.05, 3.63) is 47.5 Å². The van der Waals surface area contributed by atoms with E-state index in [-0.39, 0.29) is 12.1 Å². The molecule has 7 heteroatoms. The van der Waals surface area contributed by atoms with Gasteiger partial charge in [-0.1, -0.05) is 31.2 Å². The molecule has 1 aliphatic heterocycles. The van der Waals surface area contributed by atoms with Crippen molar-refractivity contribution in [1.82, 2.24) is 25.4 Å². The Morgan fingerprint density at radius 3 is 2.97 bits per heavy atom. The van der Waals surface area contributed by atoms with Gasteiger partial charge in [0.05, 0.1) is 18.7 Å². The molecule has 0 aliphatic carbocycles. The molecule has 0 bridgehead atoms. The molecule has 1 aliphatic rings. The number of aromatic nitrogens is 3. The molecule has 2 atom stereocenters. The van der Waals surface area contributed by atoms with Crippen LogP contribution in [0.5, 0.6) is 0 Å². The number of nitrogens with one attached hydrogen (secondary N) is 2. The van der Waals surface area contributed by atoms with Gasteiger partial charge in [-0.15, -0.1) is 10.2 Å². The van der Waals surface area contributed by atoms with Crippen molar-refractivity contribution in [2.24, 2.45) is 4.99 Å². The first-order valence-corrected chi connectivity index (χ1v) is 10.8. The summed E-state index contributed by atoms with van der Waals surface area (Å²) in [5, 5.41) is 15.2. The largest absolute Gasteiger partial charge is 0.376 e. The number of guanidine groups is 1. The zero-order chi connectivity index (χ0) is 20.5. The van der Waals surface area contributed by atoms with Crippen LogP contribution in [0.3, 0.4) is 0 Å². The van der Waals surface area contributed by atoms with E-state index < -0.39 is 0 Å². The van der Waals surface area contributed by atoms with Crippen molar-refractivity contribution in [2.75, 3.05) is 19.7 Å². The standard InChI is InChI=1S/C22H34N6O/c1-4-21-27-25-16-28(21)13-12-23-22(24-15-19-10-7-8-14-29-19)26-18(3)20-11-6-5-9-17(20)2/h5-6,9,11,16,18-19H,4,7-8,10,12-15H2,1-3H3,(H2,23,24,26). The highest BCUT2D eigenvalue weighted by molar-refractivity contribution is 5.80. The molecule has 1 fully saturated rings. The summed E-state index contributed by atoms with van der Waals surface area (Å²) in [5.74, 6) is 1.82. The van der Waals surface area contributed by atoms with Crippen LogP contribution in [0.2, 0.25) is 0 Å². The van der Waals surface area contributed by atoms with E-state index in [0.717, 1.165) is 50.7 Å². The summed E-state index contributed by atoms with van der Waals surface area (Å²) in [6.45, 7) is 9.50. The van der Waals surface area contributed by atoms with Crippen molar-refractivity contribution in [2.45, 2.75) is 65.1 Å². The predicted molar refractivity (Wildman–Crippen MR) is 116 cm³/mol. The van der Waals surface area contributed by atoms with Crippen LogP contribution in [0.1, 0.15) is 56.1 Å². The van der Waals surface area contributed by atoms with Crippen LogP contribution in [-0.4, -0.2) is 46.5 Å². The minimum Gasteiger partial charge on any atom is -0.376 e. The van der Waals surface area contributed by atoms with Gasteiger partial charge in [-0.05, 0) is 44.2 Å². The second-order valence-electron chi connectivity index (χ2n) is 7.62. The topological polar surface area (TPSA) is 76.4 Å². The molecule has 3 rings (SSSR count). The molecule has 2 unspecified atom stereocenters. The number of hydrogen-bond acceptors (Lipinski definition) is 4. The van der Waals surface area contributed by atoms with Crippen LogP contribution in [0, 0.1) is 6.92 Å². The molecule has 29 heavy (non-hydrogen) atoms. The third-order valence-electron chi connectivity index (χ3n) is 5.39. The Morgan fingerprint density at radius 2 is 2.21 bits per heavy atom. The molecule has 2 heterocycles. The molecule has 2 aromatic rings. The summed E-state index contributed by atoms with van der Waals surface area (Å²) in [6, 6.07) is 8.63. The number of benzene rings is 1. The van der Waals surface area contributed by atoms with Gasteiger partial charge in [0.2, 0.25) is 0 Å². The third-order valence-corrected chi connectivity index (χ3v) is 5.39. The Kier molecular flexibility index (Phi) is 8.04. The van der Waals surface area contributed by atoms with Gasteiger partial charge in [0, 0.05) is 26.1 Å². The SMILES string of the molecule is CCc1nncn1CCNC(=NCC1CCCCO1)NC(C)c1ccccc1C. The molecule has 0 radical (unpaired) electrons. The monoisotopic (exact) mass is 398 g/mol. The van der Waals surface area contributed by atoms with Gasteiger partial charge in [0.25, 0.3) is 0 Å². The average molecular weight is 399 g/mol. The molecule has 1 aromatic heterocycles. The van der Waals surface area contributed by atoms with E-state index in [1.165, 1.54) is 17.5 Å². The van der Waals surface area contributed by atoms with Crippen molar-refractivity contribution < 1.29 is 4.74 Å². The van der Waals surface area contributed by atoms with E-state index in [0.29, 0.717) is 6.54 Å². The second kappa shape index (κ2) is 11.0. The molecule has 7 nitrogen and oxygen atoms in total. The Labute approximate surface area is 174 Å². The lowest BCUT2D eigenvalue weighted by molar-refractivity contribution is 0.0224. The van der Waals surface area contributed by atoms with Gasteiger partial charge in [0.15, 0.2) is 5.96 Å². The Morgan fingerprint density at radius 1 is 1.34 bits per heavy atom.